The summed E-state index contributed by atoms with van der Waals surface area (Å²) in [6.45, 7) is 2.37. The van der Waals surface area contributed by atoms with Crippen LogP contribution in [0, 0.1) is 18.8 Å². The Balaban J connectivity index is 1.52. The number of aliphatic carboxylic acids is 1. The van der Waals surface area contributed by atoms with E-state index in [-0.39, 0.29) is 43.8 Å². The van der Waals surface area contributed by atoms with Crippen LogP contribution in [0.25, 0.3) is 10.9 Å². The average Bonchev–Trinajstić information content (AvgIpc) is 3.44. The quantitative estimate of drug-likeness (QED) is 0.733. The van der Waals surface area contributed by atoms with Gasteiger partial charge in [0, 0.05) is 35.7 Å². The molecule has 2 heterocycles. The van der Waals surface area contributed by atoms with Crippen molar-refractivity contribution in [2.24, 2.45) is 11.8 Å². The monoisotopic (exact) mass is 383 g/mol. The molecule has 1 aromatic heterocycles. The first-order chi connectivity index (χ1) is 13.4. The summed E-state index contributed by atoms with van der Waals surface area (Å²) in [5.41, 5.74) is 2.84. The predicted octanol–water partition coefficient (Wildman–Crippen LogP) is 1.85. The number of amides is 2. The fourth-order valence-corrected chi connectivity index (χ4v) is 4.04. The van der Waals surface area contributed by atoms with Crippen LogP contribution >= 0.6 is 0 Å². The third kappa shape index (κ3) is 3.74. The lowest BCUT2D eigenvalue weighted by atomic mass is 9.88. The summed E-state index contributed by atoms with van der Waals surface area (Å²) in [6, 6.07) is 8.04. The second-order valence-corrected chi connectivity index (χ2v) is 8.00. The number of benzene rings is 1. The Labute approximate surface area is 163 Å². The molecule has 7 heteroatoms. The SMILES string of the molecule is Cc1[nH]c2ccccc2c1CC(=O)N1C[C@@H](C(=O)O)C[C@@H](C(=O)NC2CC2)C1. The summed E-state index contributed by atoms with van der Waals surface area (Å²) >= 11 is 0. The highest BCUT2D eigenvalue weighted by Crippen LogP contribution is 2.27. The maximum Gasteiger partial charge on any atom is 0.308 e. The lowest BCUT2D eigenvalue weighted by molar-refractivity contribution is -0.148. The molecule has 0 spiro atoms. The van der Waals surface area contributed by atoms with E-state index in [1.165, 1.54) is 0 Å². The number of piperidine rings is 1. The predicted molar refractivity (Wildman–Crippen MR) is 104 cm³/mol. The molecule has 1 aliphatic carbocycles. The number of H-pyrrole nitrogens is 1. The first-order valence-electron chi connectivity index (χ1n) is 9.79. The van der Waals surface area contributed by atoms with Crippen LogP contribution in [0.4, 0.5) is 0 Å². The fourth-order valence-electron chi connectivity index (χ4n) is 4.04. The zero-order valence-corrected chi connectivity index (χ0v) is 15.9. The number of para-hydroxylation sites is 1. The van der Waals surface area contributed by atoms with Crippen LogP contribution in [0.5, 0.6) is 0 Å². The van der Waals surface area contributed by atoms with Gasteiger partial charge in [-0.25, -0.2) is 0 Å². The molecule has 2 atom stereocenters. The van der Waals surface area contributed by atoms with Gasteiger partial charge in [0.25, 0.3) is 0 Å². The van der Waals surface area contributed by atoms with Crippen molar-refractivity contribution < 1.29 is 19.5 Å². The third-order valence-electron chi connectivity index (χ3n) is 5.80. The van der Waals surface area contributed by atoms with E-state index in [0.717, 1.165) is 35.0 Å². The number of aromatic nitrogens is 1. The zero-order chi connectivity index (χ0) is 19.8. The van der Waals surface area contributed by atoms with E-state index in [9.17, 15) is 19.5 Å². The van der Waals surface area contributed by atoms with Crippen molar-refractivity contribution in [3.05, 3.63) is 35.5 Å². The molecule has 28 heavy (non-hydrogen) atoms. The van der Waals surface area contributed by atoms with Gasteiger partial charge >= 0.3 is 5.97 Å². The maximum atomic E-state index is 13.0. The van der Waals surface area contributed by atoms with Gasteiger partial charge < -0.3 is 20.3 Å². The Morgan fingerprint density at radius 1 is 1.18 bits per heavy atom. The van der Waals surface area contributed by atoms with Crippen LogP contribution in [0.3, 0.4) is 0 Å². The van der Waals surface area contributed by atoms with Crippen molar-refractivity contribution in [2.75, 3.05) is 13.1 Å². The summed E-state index contributed by atoms with van der Waals surface area (Å²) in [4.78, 5) is 41.9. The summed E-state index contributed by atoms with van der Waals surface area (Å²) in [5.74, 6) is -2.40. The summed E-state index contributed by atoms with van der Waals surface area (Å²) in [7, 11) is 0. The smallest absolute Gasteiger partial charge is 0.308 e. The molecule has 1 saturated carbocycles. The van der Waals surface area contributed by atoms with E-state index in [2.05, 4.69) is 10.3 Å². The number of fused-ring (bicyclic) bond motifs is 1. The first-order valence-corrected chi connectivity index (χ1v) is 9.79. The van der Waals surface area contributed by atoms with Crippen LogP contribution in [-0.2, 0) is 20.8 Å². The van der Waals surface area contributed by atoms with E-state index in [0.29, 0.717) is 0 Å². The number of carbonyl (C=O) groups excluding carboxylic acids is 2. The van der Waals surface area contributed by atoms with Gasteiger partial charge in [-0.2, -0.15) is 0 Å². The molecule has 2 fully saturated rings. The lowest BCUT2D eigenvalue weighted by Crippen LogP contribution is -2.51. The molecule has 2 amide bonds. The molecule has 7 nitrogen and oxygen atoms in total. The van der Waals surface area contributed by atoms with E-state index < -0.39 is 17.8 Å². The molecular formula is C21H25N3O4. The Kier molecular flexibility index (Phi) is 4.83. The van der Waals surface area contributed by atoms with E-state index in [1.54, 1.807) is 4.90 Å². The number of aromatic amines is 1. The van der Waals surface area contributed by atoms with E-state index in [4.69, 9.17) is 0 Å². The molecular weight excluding hydrogens is 358 g/mol. The van der Waals surface area contributed by atoms with Crippen LogP contribution in [-0.4, -0.2) is 51.9 Å². The molecule has 1 aromatic carbocycles. The highest BCUT2D eigenvalue weighted by Gasteiger charge is 2.38. The molecule has 4 rings (SSSR count). The van der Waals surface area contributed by atoms with Gasteiger partial charge in [0.15, 0.2) is 0 Å². The number of nitrogens with zero attached hydrogens (tertiary/aromatic N) is 1. The number of hydrogen-bond donors (Lipinski definition) is 3. The normalized spacial score (nSPS) is 22.2. The van der Waals surface area contributed by atoms with Crippen molar-refractivity contribution in [2.45, 2.75) is 38.6 Å². The average molecular weight is 383 g/mol. The summed E-state index contributed by atoms with van der Waals surface area (Å²) < 4.78 is 0. The van der Waals surface area contributed by atoms with Crippen molar-refractivity contribution in [1.29, 1.82) is 0 Å². The van der Waals surface area contributed by atoms with Crippen molar-refractivity contribution in [3.8, 4) is 0 Å². The Morgan fingerprint density at radius 3 is 2.61 bits per heavy atom. The van der Waals surface area contributed by atoms with Crippen molar-refractivity contribution >= 4 is 28.7 Å². The van der Waals surface area contributed by atoms with Gasteiger partial charge in [-0.3, -0.25) is 14.4 Å². The number of carboxylic acid groups (broad SMARTS) is 1. The highest BCUT2D eigenvalue weighted by molar-refractivity contribution is 5.91. The number of carbonyl (C=O) groups is 3. The van der Waals surface area contributed by atoms with Crippen molar-refractivity contribution in [1.82, 2.24) is 15.2 Å². The summed E-state index contributed by atoms with van der Waals surface area (Å²) in [5, 5.41) is 13.4. The molecule has 1 saturated heterocycles. The van der Waals surface area contributed by atoms with E-state index in [1.807, 2.05) is 31.2 Å². The third-order valence-corrected chi connectivity index (χ3v) is 5.80. The van der Waals surface area contributed by atoms with Crippen molar-refractivity contribution in [3.63, 3.8) is 0 Å². The maximum absolute atomic E-state index is 13.0. The lowest BCUT2D eigenvalue weighted by Gasteiger charge is -2.35. The largest absolute Gasteiger partial charge is 0.481 e. The minimum absolute atomic E-state index is 0.130. The van der Waals surface area contributed by atoms with Crippen LogP contribution in [0.15, 0.2) is 24.3 Å². The molecule has 0 radical (unpaired) electrons. The molecule has 1 aliphatic heterocycles. The minimum Gasteiger partial charge on any atom is -0.481 e. The van der Waals surface area contributed by atoms with Crippen LogP contribution in [0.1, 0.15) is 30.5 Å². The van der Waals surface area contributed by atoms with Gasteiger partial charge in [-0.05, 0) is 37.8 Å². The van der Waals surface area contributed by atoms with Gasteiger partial charge in [-0.1, -0.05) is 18.2 Å². The molecule has 0 bridgehead atoms. The molecule has 2 aliphatic rings. The number of carboxylic acids is 1. The summed E-state index contributed by atoms with van der Waals surface area (Å²) in [6.07, 6.45) is 2.43. The number of likely N-dealkylation sites (tertiary alicyclic amines) is 1. The fraction of sp³-hybridized carbons (Fsp3) is 0.476. The standard InChI is InChI=1S/C21H25N3O4/c1-12-17(16-4-2-3-5-18(16)22-12)9-19(25)24-10-13(8-14(11-24)21(27)28)20(26)23-15-6-7-15/h2-5,13-15,22H,6-11H2,1H3,(H,23,26)(H,27,28)/t13-,14+/m1/s1. The Morgan fingerprint density at radius 2 is 1.89 bits per heavy atom. The molecule has 2 aromatic rings. The van der Waals surface area contributed by atoms with Gasteiger partial charge in [0.2, 0.25) is 11.8 Å². The highest BCUT2D eigenvalue weighted by atomic mass is 16.4. The number of hydrogen-bond acceptors (Lipinski definition) is 3. The molecule has 3 N–H and O–H groups in total. The molecule has 148 valence electrons. The molecule has 0 unspecified atom stereocenters. The topological polar surface area (TPSA) is 102 Å². The number of rotatable bonds is 5. The Hall–Kier alpha value is -2.83. The minimum atomic E-state index is -0.954. The second kappa shape index (κ2) is 7.30. The van der Waals surface area contributed by atoms with E-state index >= 15 is 0 Å². The van der Waals surface area contributed by atoms with Gasteiger partial charge in [-0.15, -0.1) is 0 Å². The number of nitrogens with one attached hydrogen (secondary N) is 2. The number of aryl methyl sites for hydroxylation is 1. The van der Waals surface area contributed by atoms with Gasteiger partial charge in [0.1, 0.15) is 0 Å². The van der Waals surface area contributed by atoms with Crippen LogP contribution in [0.2, 0.25) is 0 Å². The van der Waals surface area contributed by atoms with Gasteiger partial charge in [0.05, 0.1) is 18.3 Å². The van der Waals surface area contributed by atoms with Crippen LogP contribution < -0.4 is 5.32 Å². The Bertz CT molecular complexity index is 931. The second-order valence-electron chi connectivity index (χ2n) is 8.00. The first kappa shape index (κ1) is 18.5. The zero-order valence-electron chi connectivity index (χ0n) is 15.9.